The molecule has 112 valence electrons. The zero-order chi connectivity index (χ0) is 13.9. The first-order valence-corrected chi connectivity index (χ1v) is 8.87. The maximum atomic E-state index is 9.12. The maximum absolute atomic E-state index is 9.12. The van der Waals surface area contributed by atoms with Crippen LogP contribution in [-0.2, 0) is 13.0 Å². The van der Waals surface area contributed by atoms with Crippen LogP contribution in [0.1, 0.15) is 49.9 Å². The van der Waals surface area contributed by atoms with Gasteiger partial charge in [-0.25, -0.2) is 0 Å². The number of hydrogen-bond donors (Lipinski definition) is 2. The number of nitrogens with zero attached hydrogens (tertiary/aromatic N) is 2. The smallest absolute Gasteiger partial charge is 0.0644 e. The van der Waals surface area contributed by atoms with Crippen molar-refractivity contribution in [3.8, 4) is 0 Å². The molecule has 5 heteroatoms. The van der Waals surface area contributed by atoms with Crippen molar-refractivity contribution in [1.82, 2.24) is 15.1 Å². The van der Waals surface area contributed by atoms with E-state index in [9.17, 15) is 0 Å². The van der Waals surface area contributed by atoms with E-state index in [1.54, 1.807) is 0 Å². The first kappa shape index (κ1) is 14.4. The van der Waals surface area contributed by atoms with Gasteiger partial charge in [0, 0.05) is 28.6 Å². The monoisotopic (exact) mass is 295 g/mol. The number of thioether (sulfide) groups is 1. The Morgan fingerprint density at radius 3 is 3.15 bits per heavy atom. The van der Waals surface area contributed by atoms with Crippen molar-refractivity contribution in [1.29, 1.82) is 0 Å². The topological polar surface area (TPSA) is 50.1 Å². The summed E-state index contributed by atoms with van der Waals surface area (Å²) >= 11 is 2.09. The molecule has 0 saturated carbocycles. The van der Waals surface area contributed by atoms with E-state index in [4.69, 9.17) is 5.11 Å². The van der Waals surface area contributed by atoms with Crippen molar-refractivity contribution in [3.63, 3.8) is 0 Å². The van der Waals surface area contributed by atoms with E-state index in [0.717, 1.165) is 6.42 Å². The van der Waals surface area contributed by atoms with Gasteiger partial charge >= 0.3 is 0 Å². The predicted molar refractivity (Wildman–Crippen MR) is 83.1 cm³/mol. The molecule has 4 nitrogen and oxygen atoms in total. The van der Waals surface area contributed by atoms with Crippen molar-refractivity contribution in [2.45, 2.75) is 62.9 Å². The molecule has 3 rings (SSSR count). The first-order chi connectivity index (χ1) is 9.79. The zero-order valence-electron chi connectivity index (χ0n) is 12.2. The number of hydrogen-bond acceptors (Lipinski definition) is 4. The maximum Gasteiger partial charge on any atom is 0.0644 e. The SMILES string of the molecule is CC1SCCCC1NC1CCCc2c1cnn2CCO. The van der Waals surface area contributed by atoms with Gasteiger partial charge in [-0.2, -0.15) is 16.9 Å². The molecule has 20 heavy (non-hydrogen) atoms. The molecular formula is C15H25N3OS. The third kappa shape index (κ3) is 2.90. The van der Waals surface area contributed by atoms with Crippen molar-refractivity contribution >= 4 is 11.8 Å². The standard InChI is InChI=1S/C15H25N3OS/c1-11-13(5-3-9-20-11)17-14-4-2-6-15-12(14)10-16-18(15)7-8-19/h10-11,13-14,17,19H,2-9H2,1H3. The predicted octanol–water partition coefficient (Wildman–Crippen LogP) is 2.13. The number of aliphatic hydroxyl groups excluding tert-OH is 1. The minimum Gasteiger partial charge on any atom is -0.394 e. The largest absolute Gasteiger partial charge is 0.394 e. The highest BCUT2D eigenvalue weighted by Crippen LogP contribution is 2.33. The van der Waals surface area contributed by atoms with Crippen LogP contribution in [0.15, 0.2) is 6.20 Å². The van der Waals surface area contributed by atoms with E-state index in [0.29, 0.717) is 23.9 Å². The number of nitrogens with one attached hydrogen (secondary N) is 1. The van der Waals surface area contributed by atoms with Crippen LogP contribution < -0.4 is 5.32 Å². The van der Waals surface area contributed by atoms with Gasteiger partial charge in [-0.05, 0) is 37.9 Å². The minimum absolute atomic E-state index is 0.169. The van der Waals surface area contributed by atoms with Crippen LogP contribution in [0, 0.1) is 0 Å². The normalized spacial score (nSPS) is 30.2. The first-order valence-electron chi connectivity index (χ1n) is 7.82. The van der Waals surface area contributed by atoms with Crippen molar-refractivity contribution in [3.05, 3.63) is 17.5 Å². The van der Waals surface area contributed by atoms with Gasteiger partial charge in [-0.3, -0.25) is 4.68 Å². The number of aromatic nitrogens is 2. The molecule has 1 aromatic rings. The van der Waals surface area contributed by atoms with Crippen LogP contribution in [0.25, 0.3) is 0 Å². The molecular weight excluding hydrogens is 270 g/mol. The average molecular weight is 295 g/mol. The lowest BCUT2D eigenvalue weighted by Gasteiger charge is -2.34. The number of rotatable bonds is 4. The lowest BCUT2D eigenvalue weighted by atomic mass is 9.91. The summed E-state index contributed by atoms with van der Waals surface area (Å²) in [5.41, 5.74) is 2.70. The van der Waals surface area contributed by atoms with Crippen LogP contribution in [0.5, 0.6) is 0 Å². The number of aliphatic hydroxyl groups is 1. The second-order valence-electron chi connectivity index (χ2n) is 5.93. The zero-order valence-corrected chi connectivity index (χ0v) is 13.0. The van der Waals surface area contributed by atoms with E-state index in [1.807, 2.05) is 10.9 Å². The Morgan fingerprint density at radius 1 is 1.45 bits per heavy atom. The summed E-state index contributed by atoms with van der Waals surface area (Å²) in [6.07, 6.45) is 8.17. The molecule has 3 atom stereocenters. The fraction of sp³-hybridized carbons (Fsp3) is 0.800. The summed E-state index contributed by atoms with van der Waals surface area (Å²) in [5.74, 6) is 1.31. The molecule has 0 aromatic carbocycles. The Hall–Kier alpha value is -0.520. The highest BCUT2D eigenvalue weighted by Gasteiger charge is 2.29. The van der Waals surface area contributed by atoms with Gasteiger partial charge in [0.15, 0.2) is 0 Å². The molecule has 2 N–H and O–H groups in total. The average Bonchev–Trinajstić information content (AvgIpc) is 2.86. The molecule has 1 fully saturated rings. The molecule has 2 heterocycles. The molecule has 0 radical (unpaired) electrons. The summed E-state index contributed by atoms with van der Waals surface area (Å²) in [7, 11) is 0. The lowest BCUT2D eigenvalue weighted by Crippen LogP contribution is -2.42. The van der Waals surface area contributed by atoms with Crippen LogP contribution in [-0.4, -0.2) is 38.5 Å². The molecule has 1 aliphatic heterocycles. The lowest BCUT2D eigenvalue weighted by molar-refractivity contribution is 0.266. The highest BCUT2D eigenvalue weighted by atomic mass is 32.2. The van der Waals surface area contributed by atoms with E-state index in [-0.39, 0.29) is 6.61 Å². The van der Waals surface area contributed by atoms with Gasteiger partial charge in [-0.15, -0.1) is 0 Å². The van der Waals surface area contributed by atoms with Gasteiger partial charge in [-0.1, -0.05) is 6.92 Å². The fourth-order valence-corrected chi connectivity index (χ4v) is 4.63. The second kappa shape index (κ2) is 6.50. The van der Waals surface area contributed by atoms with E-state index >= 15 is 0 Å². The molecule has 0 amide bonds. The summed E-state index contributed by atoms with van der Waals surface area (Å²) in [6.45, 7) is 3.14. The third-order valence-electron chi connectivity index (χ3n) is 4.60. The highest BCUT2D eigenvalue weighted by molar-refractivity contribution is 7.99. The molecule has 0 spiro atoms. The van der Waals surface area contributed by atoms with E-state index in [1.165, 1.54) is 42.7 Å². The fourth-order valence-electron chi connectivity index (χ4n) is 3.48. The van der Waals surface area contributed by atoms with Crippen molar-refractivity contribution in [2.24, 2.45) is 0 Å². The third-order valence-corrected chi connectivity index (χ3v) is 5.98. The van der Waals surface area contributed by atoms with Crippen molar-refractivity contribution < 1.29 is 5.11 Å². The minimum atomic E-state index is 0.169. The Balaban J connectivity index is 1.73. The van der Waals surface area contributed by atoms with Crippen LogP contribution in [0.2, 0.25) is 0 Å². The quantitative estimate of drug-likeness (QED) is 0.893. The Kier molecular flexibility index (Phi) is 4.68. The molecule has 3 unspecified atom stereocenters. The number of fused-ring (bicyclic) bond motifs is 1. The van der Waals surface area contributed by atoms with Crippen LogP contribution in [0.4, 0.5) is 0 Å². The van der Waals surface area contributed by atoms with Crippen molar-refractivity contribution in [2.75, 3.05) is 12.4 Å². The summed E-state index contributed by atoms with van der Waals surface area (Å²) in [6, 6.07) is 1.09. The molecule has 1 saturated heterocycles. The molecule has 2 aliphatic rings. The molecule has 1 aliphatic carbocycles. The van der Waals surface area contributed by atoms with Gasteiger partial charge < -0.3 is 10.4 Å². The van der Waals surface area contributed by atoms with E-state index < -0.39 is 0 Å². The second-order valence-corrected chi connectivity index (χ2v) is 7.41. The Labute approximate surface area is 125 Å². The summed E-state index contributed by atoms with van der Waals surface area (Å²) in [4.78, 5) is 0. The van der Waals surface area contributed by atoms with Crippen LogP contribution >= 0.6 is 11.8 Å². The van der Waals surface area contributed by atoms with E-state index in [2.05, 4.69) is 29.1 Å². The molecule has 1 aromatic heterocycles. The Bertz CT molecular complexity index is 448. The van der Waals surface area contributed by atoms with Gasteiger partial charge in [0.2, 0.25) is 0 Å². The van der Waals surface area contributed by atoms with Gasteiger partial charge in [0.25, 0.3) is 0 Å². The van der Waals surface area contributed by atoms with Gasteiger partial charge in [0.05, 0.1) is 19.3 Å². The van der Waals surface area contributed by atoms with Gasteiger partial charge in [0.1, 0.15) is 0 Å². The summed E-state index contributed by atoms with van der Waals surface area (Å²) in [5, 5.41) is 18.2. The Morgan fingerprint density at radius 2 is 2.35 bits per heavy atom. The molecule has 0 bridgehead atoms. The summed E-state index contributed by atoms with van der Waals surface area (Å²) < 4.78 is 1.99. The van der Waals surface area contributed by atoms with Crippen LogP contribution in [0.3, 0.4) is 0 Å².